The minimum atomic E-state index is -4.26. The molecule has 0 saturated carbocycles. The van der Waals surface area contributed by atoms with E-state index < -0.39 is 24.4 Å². The van der Waals surface area contributed by atoms with Gasteiger partial charge in [-0.1, -0.05) is 56.0 Å². The molecule has 1 N–H and O–H groups in total. The minimum Gasteiger partial charge on any atom is -0.512 e. The fourth-order valence-electron chi connectivity index (χ4n) is 3.62. The van der Waals surface area contributed by atoms with Crippen LogP contribution in [0.2, 0.25) is 0 Å². The quantitative estimate of drug-likeness (QED) is 0.542. The first-order chi connectivity index (χ1) is 15.1. The Kier molecular flexibility index (Phi) is 7.22. The number of nitrogens with zero attached hydrogens (tertiary/aromatic N) is 2. The van der Waals surface area contributed by atoms with Crippen molar-refractivity contribution in [3.8, 4) is 0 Å². The first kappa shape index (κ1) is 23.4. The van der Waals surface area contributed by atoms with Gasteiger partial charge in [0.1, 0.15) is 0 Å². The van der Waals surface area contributed by atoms with Crippen LogP contribution in [0.4, 0.5) is 13.2 Å². The van der Waals surface area contributed by atoms with Gasteiger partial charge >= 0.3 is 6.18 Å². The third-order valence-electron chi connectivity index (χ3n) is 5.19. The number of hydrazone groups is 1. The maximum absolute atomic E-state index is 12.7. The van der Waals surface area contributed by atoms with E-state index in [-0.39, 0.29) is 31.2 Å². The molecule has 32 heavy (non-hydrogen) atoms. The number of ether oxygens (including phenoxy) is 1. The van der Waals surface area contributed by atoms with E-state index in [0.717, 1.165) is 11.1 Å². The number of hydrogen-bond acceptors (Lipinski definition) is 4. The first-order valence-electron chi connectivity index (χ1n) is 10.2. The van der Waals surface area contributed by atoms with Gasteiger partial charge in [-0.3, -0.25) is 4.79 Å². The van der Waals surface area contributed by atoms with Gasteiger partial charge in [0.25, 0.3) is 5.91 Å². The van der Waals surface area contributed by atoms with Crippen molar-refractivity contribution in [3.05, 3.63) is 83.6 Å². The molecule has 0 radical (unpaired) electrons. The molecule has 0 saturated heterocycles. The number of allylic oxidation sites excluding steroid dienone is 1. The second-order valence-corrected chi connectivity index (χ2v) is 7.96. The summed E-state index contributed by atoms with van der Waals surface area (Å²) in [5, 5.41) is 15.6. The number of alkyl halides is 3. The van der Waals surface area contributed by atoms with Crippen LogP contribution >= 0.6 is 0 Å². The average molecular weight is 446 g/mol. The van der Waals surface area contributed by atoms with Gasteiger partial charge in [-0.05, 0) is 35.6 Å². The Morgan fingerprint density at radius 1 is 1.19 bits per heavy atom. The lowest BCUT2D eigenvalue weighted by atomic mass is 9.86. The van der Waals surface area contributed by atoms with Crippen LogP contribution in [0.25, 0.3) is 0 Å². The van der Waals surface area contributed by atoms with Crippen LogP contribution < -0.4 is 0 Å². The van der Waals surface area contributed by atoms with Crippen LogP contribution in [0.5, 0.6) is 0 Å². The summed E-state index contributed by atoms with van der Waals surface area (Å²) in [5.41, 5.74) is 2.21. The van der Waals surface area contributed by atoms with Crippen LogP contribution in [-0.4, -0.2) is 34.7 Å². The molecule has 170 valence electrons. The SMILES string of the molecule is C=C(O)C(CC(C)CC(F)(F)F)c1ccc(CN2N=C(c3ccccc3)OCC2=O)cc1. The molecular formula is C24H25F3N2O3. The number of hydrogen-bond donors (Lipinski definition) is 1. The maximum Gasteiger partial charge on any atom is 0.389 e. The van der Waals surface area contributed by atoms with Gasteiger partial charge in [-0.2, -0.15) is 13.2 Å². The molecule has 1 aliphatic rings. The van der Waals surface area contributed by atoms with E-state index in [1.54, 1.807) is 24.3 Å². The Labute approximate surface area is 184 Å². The monoisotopic (exact) mass is 446 g/mol. The molecule has 5 nitrogen and oxygen atoms in total. The van der Waals surface area contributed by atoms with Gasteiger partial charge in [0.15, 0.2) is 6.61 Å². The van der Waals surface area contributed by atoms with E-state index in [1.807, 2.05) is 30.3 Å². The smallest absolute Gasteiger partial charge is 0.389 e. The van der Waals surface area contributed by atoms with Gasteiger partial charge in [0, 0.05) is 17.9 Å². The number of aliphatic hydroxyl groups is 1. The van der Waals surface area contributed by atoms with Gasteiger partial charge in [0.05, 0.1) is 12.3 Å². The summed E-state index contributed by atoms with van der Waals surface area (Å²) in [6.07, 6.45) is -5.05. The fraction of sp³-hybridized carbons (Fsp3) is 0.333. The summed E-state index contributed by atoms with van der Waals surface area (Å²) in [6.45, 7) is 5.14. The zero-order chi connectivity index (χ0) is 23.3. The number of benzene rings is 2. The summed E-state index contributed by atoms with van der Waals surface area (Å²) < 4.78 is 43.4. The van der Waals surface area contributed by atoms with Crippen LogP contribution in [0.1, 0.15) is 42.4 Å². The second kappa shape index (κ2) is 9.89. The van der Waals surface area contributed by atoms with E-state index in [9.17, 15) is 23.1 Å². The summed E-state index contributed by atoms with van der Waals surface area (Å²) in [5.74, 6) is -1.37. The maximum atomic E-state index is 12.7. The Balaban J connectivity index is 1.71. The van der Waals surface area contributed by atoms with Gasteiger partial charge in [-0.15, -0.1) is 5.10 Å². The fourth-order valence-corrected chi connectivity index (χ4v) is 3.62. The van der Waals surface area contributed by atoms with Crippen molar-refractivity contribution in [2.75, 3.05) is 6.61 Å². The third-order valence-corrected chi connectivity index (χ3v) is 5.19. The number of carbonyl (C=O) groups is 1. The molecule has 0 fully saturated rings. The second-order valence-electron chi connectivity index (χ2n) is 7.96. The standard InChI is InChI=1S/C24H25F3N2O3/c1-16(13-24(25,26)27)12-21(17(2)30)19-10-8-18(9-11-19)14-29-22(31)15-32-23(28-29)20-6-4-3-5-7-20/h3-11,16,21,30H,2,12-15H2,1H3. The molecule has 1 aliphatic heterocycles. The molecule has 0 aliphatic carbocycles. The van der Waals surface area contributed by atoms with Crippen molar-refractivity contribution >= 4 is 11.8 Å². The summed E-state index contributed by atoms with van der Waals surface area (Å²) in [6, 6.07) is 16.2. The highest BCUT2D eigenvalue weighted by atomic mass is 19.4. The van der Waals surface area contributed by atoms with Crippen LogP contribution in [0.3, 0.4) is 0 Å². The van der Waals surface area contributed by atoms with Crippen molar-refractivity contribution < 1.29 is 27.8 Å². The largest absolute Gasteiger partial charge is 0.512 e. The summed E-state index contributed by atoms with van der Waals surface area (Å²) >= 11 is 0. The predicted molar refractivity (Wildman–Crippen MR) is 115 cm³/mol. The molecule has 3 rings (SSSR count). The molecule has 2 unspecified atom stereocenters. The van der Waals surface area contributed by atoms with E-state index in [2.05, 4.69) is 11.7 Å². The molecule has 0 spiro atoms. The third kappa shape index (κ3) is 6.35. The number of halogens is 3. The molecule has 2 aromatic carbocycles. The molecule has 2 atom stereocenters. The number of amides is 1. The Morgan fingerprint density at radius 3 is 2.44 bits per heavy atom. The van der Waals surface area contributed by atoms with E-state index >= 15 is 0 Å². The van der Waals surface area contributed by atoms with Gasteiger partial charge in [-0.25, -0.2) is 5.01 Å². The van der Waals surface area contributed by atoms with E-state index in [0.29, 0.717) is 11.5 Å². The molecule has 8 heteroatoms. The lowest BCUT2D eigenvalue weighted by Gasteiger charge is -2.24. The van der Waals surface area contributed by atoms with Gasteiger partial charge in [0.2, 0.25) is 5.90 Å². The molecule has 0 bridgehead atoms. The first-order valence-corrected chi connectivity index (χ1v) is 10.2. The summed E-state index contributed by atoms with van der Waals surface area (Å²) in [4.78, 5) is 12.2. The Morgan fingerprint density at radius 2 is 1.84 bits per heavy atom. The average Bonchev–Trinajstić information content (AvgIpc) is 2.73. The van der Waals surface area contributed by atoms with Crippen molar-refractivity contribution in [1.82, 2.24) is 5.01 Å². The van der Waals surface area contributed by atoms with E-state index in [4.69, 9.17) is 4.74 Å². The van der Waals surface area contributed by atoms with Crippen LogP contribution in [0.15, 0.2) is 72.0 Å². The van der Waals surface area contributed by atoms with Crippen LogP contribution in [0, 0.1) is 5.92 Å². The lowest BCUT2D eigenvalue weighted by Crippen LogP contribution is -2.36. The Bertz CT molecular complexity index is 972. The normalized spacial score (nSPS) is 16.2. The molecule has 1 amide bonds. The molecule has 1 heterocycles. The highest BCUT2D eigenvalue weighted by Gasteiger charge is 2.31. The van der Waals surface area contributed by atoms with Crippen LogP contribution in [-0.2, 0) is 16.1 Å². The molecule has 2 aromatic rings. The zero-order valence-electron chi connectivity index (χ0n) is 17.7. The number of carbonyl (C=O) groups excluding carboxylic acids is 1. The van der Waals surface area contributed by atoms with Crippen molar-refractivity contribution in [2.45, 2.75) is 38.4 Å². The zero-order valence-corrected chi connectivity index (χ0v) is 17.7. The Hall–Kier alpha value is -3.29. The van der Waals surface area contributed by atoms with Crippen molar-refractivity contribution in [1.29, 1.82) is 0 Å². The predicted octanol–water partition coefficient (Wildman–Crippen LogP) is 5.54. The number of rotatable bonds is 8. The topological polar surface area (TPSA) is 62.1 Å². The molecule has 0 aromatic heterocycles. The number of aliphatic hydroxyl groups excluding tert-OH is 1. The highest BCUT2D eigenvalue weighted by Crippen LogP contribution is 2.34. The lowest BCUT2D eigenvalue weighted by molar-refractivity contribution is -0.144. The van der Waals surface area contributed by atoms with E-state index in [1.165, 1.54) is 11.9 Å². The van der Waals surface area contributed by atoms with Gasteiger partial charge < -0.3 is 9.84 Å². The van der Waals surface area contributed by atoms with Crippen molar-refractivity contribution in [2.24, 2.45) is 11.0 Å². The highest BCUT2D eigenvalue weighted by molar-refractivity contribution is 5.97. The van der Waals surface area contributed by atoms with Crippen molar-refractivity contribution in [3.63, 3.8) is 0 Å². The molecular weight excluding hydrogens is 421 g/mol. The summed E-state index contributed by atoms with van der Waals surface area (Å²) in [7, 11) is 0. The minimum absolute atomic E-state index is 0.116.